The van der Waals surface area contributed by atoms with Crippen LogP contribution in [0.1, 0.15) is 75.2 Å². The fourth-order valence-corrected chi connectivity index (χ4v) is 10.5. The van der Waals surface area contributed by atoms with E-state index in [1.807, 2.05) is 55.4 Å². The summed E-state index contributed by atoms with van der Waals surface area (Å²) in [5.74, 6) is -0.198. The molecule has 10 heteroatoms. The molecule has 1 amide bonds. The first-order valence-corrected chi connectivity index (χ1v) is 15.7. The molecule has 190 valence electrons. The average Bonchev–Trinajstić information content (AvgIpc) is 2.74. The molecule has 0 rings (SSSR count). The summed E-state index contributed by atoms with van der Waals surface area (Å²) in [6.45, 7) is 23.6. The largest absolute Gasteiger partial charge is 0.524 e. The van der Waals surface area contributed by atoms with Gasteiger partial charge in [-0.2, -0.15) is 0 Å². The fraction of sp³-hybridized carbons (Fsp3) is 0.864. The first kappa shape index (κ1) is 31.4. The molecule has 0 saturated carbocycles. The second kappa shape index (κ2) is 16.1. The predicted molar refractivity (Wildman–Crippen MR) is 131 cm³/mol. The minimum absolute atomic E-state index is 0.198. The lowest BCUT2D eigenvalue weighted by Gasteiger charge is -2.47. The van der Waals surface area contributed by atoms with Crippen molar-refractivity contribution in [2.75, 3.05) is 39.6 Å². The highest BCUT2D eigenvalue weighted by molar-refractivity contribution is 6.65. The number of carbonyl (C=O) groups is 1. The van der Waals surface area contributed by atoms with E-state index in [1.165, 1.54) is 0 Å². The van der Waals surface area contributed by atoms with E-state index >= 15 is 0 Å². The highest BCUT2D eigenvalue weighted by atomic mass is 28.4. The quantitative estimate of drug-likeness (QED) is 0.198. The summed E-state index contributed by atoms with van der Waals surface area (Å²) in [7, 11) is -6.61. The zero-order chi connectivity index (χ0) is 24.8. The Morgan fingerprint density at radius 3 is 1.06 bits per heavy atom. The standard InChI is InChI=1S/C22H47NO7Si2/c1-11-20(31(25-13-3,26-14-4)27-15-5)23(22(24)19(9)10)21(12-2)32(28-16-6,29-17-7)30-18-8/h20-21H,9,11-18H2,1-8,10H3. The van der Waals surface area contributed by atoms with Gasteiger partial charge in [0.2, 0.25) is 5.91 Å². The molecule has 0 spiro atoms. The van der Waals surface area contributed by atoms with E-state index in [9.17, 15) is 4.79 Å². The van der Waals surface area contributed by atoms with Gasteiger partial charge in [0.1, 0.15) is 11.3 Å². The molecule has 0 saturated heterocycles. The van der Waals surface area contributed by atoms with Crippen molar-refractivity contribution in [1.29, 1.82) is 0 Å². The van der Waals surface area contributed by atoms with E-state index in [2.05, 4.69) is 6.58 Å². The van der Waals surface area contributed by atoms with Crippen molar-refractivity contribution in [2.45, 2.75) is 86.5 Å². The van der Waals surface area contributed by atoms with Crippen molar-refractivity contribution >= 4 is 23.5 Å². The number of nitrogens with zero attached hydrogens (tertiary/aromatic N) is 1. The maximum absolute atomic E-state index is 13.7. The van der Waals surface area contributed by atoms with Gasteiger partial charge in [-0.05, 0) is 61.3 Å². The molecule has 0 aliphatic rings. The van der Waals surface area contributed by atoms with Crippen molar-refractivity contribution in [3.8, 4) is 0 Å². The highest BCUT2D eigenvalue weighted by Crippen LogP contribution is 2.32. The monoisotopic (exact) mass is 493 g/mol. The van der Waals surface area contributed by atoms with Crippen molar-refractivity contribution in [3.05, 3.63) is 12.2 Å². The predicted octanol–water partition coefficient (Wildman–Crippen LogP) is 4.12. The zero-order valence-corrected chi connectivity index (χ0v) is 23.8. The van der Waals surface area contributed by atoms with Crippen LogP contribution >= 0.6 is 0 Å². The SMILES string of the molecule is C=C(C)C(=O)N(C(CC)[Si](OCC)(OCC)OCC)C(CC)[Si](OCC)(OCC)OCC. The van der Waals surface area contributed by atoms with Crippen LogP contribution < -0.4 is 0 Å². The van der Waals surface area contributed by atoms with Gasteiger partial charge in [-0.25, -0.2) is 0 Å². The maximum Gasteiger partial charge on any atom is 0.524 e. The minimum atomic E-state index is -3.30. The van der Waals surface area contributed by atoms with Crippen LogP contribution in [0.3, 0.4) is 0 Å². The third kappa shape index (κ3) is 7.73. The Hall–Kier alpha value is -0.596. The second-order valence-electron chi connectivity index (χ2n) is 7.15. The molecule has 32 heavy (non-hydrogen) atoms. The Kier molecular flexibility index (Phi) is 15.8. The van der Waals surface area contributed by atoms with E-state index in [-0.39, 0.29) is 5.91 Å². The minimum Gasteiger partial charge on any atom is -0.373 e. The number of hydrogen-bond donors (Lipinski definition) is 0. The second-order valence-corrected chi connectivity index (χ2v) is 12.6. The number of hydrogen-bond acceptors (Lipinski definition) is 7. The lowest BCUT2D eigenvalue weighted by atomic mass is 10.2. The van der Waals surface area contributed by atoms with E-state index in [4.69, 9.17) is 26.6 Å². The van der Waals surface area contributed by atoms with Gasteiger partial charge in [-0.3, -0.25) is 4.79 Å². The van der Waals surface area contributed by atoms with Gasteiger partial charge in [-0.1, -0.05) is 20.4 Å². The molecule has 2 unspecified atom stereocenters. The van der Waals surface area contributed by atoms with E-state index in [0.717, 1.165) is 0 Å². The topological polar surface area (TPSA) is 75.7 Å². The van der Waals surface area contributed by atoms with Gasteiger partial charge in [0.15, 0.2) is 0 Å². The normalized spacial score (nSPS) is 14.3. The van der Waals surface area contributed by atoms with Gasteiger partial charge in [0.25, 0.3) is 0 Å². The van der Waals surface area contributed by atoms with Crippen molar-refractivity contribution in [1.82, 2.24) is 4.90 Å². The molecule has 0 aliphatic carbocycles. The molecular formula is C22H47NO7Si2. The van der Waals surface area contributed by atoms with Gasteiger partial charge in [0, 0.05) is 45.2 Å². The number of rotatable bonds is 19. The molecule has 0 N–H and O–H groups in total. The van der Waals surface area contributed by atoms with Gasteiger partial charge < -0.3 is 31.5 Å². The van der Waals surface area contributed by atoms with Crippen molar-refractivity contribution in [2.24, 2.45) is 0 Å². The van der Waals surface area contributed by atoms with Crippen LogP contribution in [-0.4, -0.2) is 79.4 Å². The lowest BCUT2D eigenvalue weighted by Crippen LogP contribution is -2.72. The molecule has 8 nitrogen and oxygen atoms in total. The zero-order valence-electron chi connectivity index (χ0n) is 21.8. The third-order valence-corrected chi connectivity index (χ3v) is 12.1. The van der Waals surface area contributed by atoms with Crippen LogP contribution in [0.2, 0.25) is 0 Å². The highest BCUT2D eigenvalue weighted by Gasteiger charge is 2.60. The molecule has 0 radical (unpaired) electrons. The Balaban J connectivity index is 6.95. The molecule has 0 aromatic rings. The van der Waals surface area contributed by atoms with E-state index < -0.39 is 28.9 Å². The molecule has 0 aromatic heterocycles. The van der Waals surface area contributed by atoms with Crippen LogP contribution in [0.5, 0.6) is 0 Å². The summed E-state index contributed by atoms with van der Waals surface area (Å²) in [5.41, 5.74) is -0.462. The Bertz CT molecular complexity index is 482. The van der Waals surface area contributed by atoms with Crippen molar-refractivity contribution < 1.29 is 31.4 Å². The Morgan fingerprint density at radius 2 is 0.906 bits per heavy atom. The Morgan fingerprint density at radius 1 is 0.656 bits per heavy atom. The molecule has 0 fully saturated rings. The molecule has 0 heterocycles. The number of carbonyl (C=O) groups excluding carboxylic acids is 1. The van der Waals surface area contributed by atoms with Crippen molar-refractivity contribution in [3.63, 3.8) is 0 Å². The van der Waals surface area contributed by atoms with Crippen LogP contribution in [0.4, 0.5) is 0 Å². The molecular weight excluding hydrogens is 446 g/mol. The first-order chi connectivity index (χ1) is 15.2. The summed E-state index contributed by atoms with van der Waals surface area (Å²) < 4.78 is 37.4. The smallest absolute Gasteiger partial charge is 0.373 e. The Labute approximate surface area is 198 Å². The molecule has 0 aliphatic heterocycles. The van der Waals surface area contributed by atoms with Gasteiger partial charge in [-0.15, -0.1) is 0 Å². The van der Waals surface area contributed by atoms with Crippen LogP contribution in [0.25, 0.3) is 0 Å². The third-order valence-electron chi connectivity index (χ3n) is 4.93. The average molecular weight is 494 g/mol. The fourth-order valence-electron chi connectivity index (χ4n) is 3.99. The molecule has 2 atom stereocenters. The maximum atomic E-state index is 13.7. The van der Waals surface area contributed by atoms with Crippen LogP contribution in [0, 0.1) is 0 Å². The lowest BCUT2D eigenvalue weighted by molar-refractivity contribution is -0.132. The van der Waals surface area contributed by atoms with Crippen LogP contribution in [0.15, 0.2) is 12.2 Å². The molecule has 0 aromatic carbocycles. The van der Waals surface area contributed by atoms with E-state index in [1.54, 1.807) is 11.8 Å². The summed E-state index contributed by atoms with van der Waals surface area (Å²) in [4.78, 5) is 15.5. The summed E-state index contributed by atoms with van der Waals surface area (Å²) in [6, 6.07) is 0. The number of amides is 1. The summed E-state index contributed by atoms with van der Waals surface area (Å²) in [6.07, 6.45) is 1.16. The molecule has 0 bridgehead atoms. The van der Waals surface area contributed by atoms with Gasteiger partial charge >= 0.3 is 17.6 Å². The van der Waals surface area contributed by atoms with Gasteiger partial charge in [0.05, 0.1) is 0 Å². The van der Waals surface area contributed by atoms with Crippen LogP contribution in [-0.2, 0) is 31.4 Å². The summed E-state index contributed by atoms with van der Waals surface area (Å²) >= 11 is 0. The van der Waals surface area contributed by atoms with E-state index in [0.29, 0.717) is 58.1 Å². The summed E-state index contributed by atoms with van der Waals surface area (Å²) in [5, 5.41) is 0. The first-order valence-electron chi connectivity index (χ1n) is 12.1.